The van der Waals surface area contributed by atoms with Crippen molar-refractivity contribution < 1.29 is 22.7 Å². The lowest BCUT2D eigenvalue weighted by molar-refractivity contribution is -0.115. The third kappa shape index (κ3) is 4.88. The van der Waals surface area contributed by atoms with Crippen LogP contribution in [0.5, 0.6) is 0 Å². The third-order valence-electron chi connectivity index (χ3n) is 2.30. The summed E-state index contributed by atoms with van der Waals surface area (Å²) in [5.41, 5.74) is -0.386. The zero-order chi connectivity index (χ0) is 14.3. The summed E-state index contributed by atoms with van der Waals surface area (Å²) in [5, 5.41) is 4.96. The van der Waals surface area contributed by atoms with Crippen molar-refractivity contribution in [2.24, 2.45) is 0 Å². The van der Waals surface area contributed by atoms with E-state index in [1.807, 2.05) is 0 Å². The lowest BCUT2D eigenvalue weighted by atomic mass is 10.2. The number of hydrogen-bond donors (Lipinski definition) is 2. The molecule has 0 unspecified atom stereocenters. The van der Waals surface area contributed by atoms with Crippen molar-refractivity contribution in [1.29, 1.82) is 0 Å². The molecule has 1 aromatic rings. The van der Waals surface area contributed by atoms with E-state index in [9.17, 15) is 18.0 Å². The van der Waals surface area contributed by atoms with Gasteiger partial charge in [0, 0.05) is 13.7 Å². The number of hydrogen-bond acceptors (Lipinski definition) is 3. The van der Waals surface area contributed by atoms with Crippen LogP contribution < -0.4 is 10.6 Å². The summed E-state index contributed by atoms with van der Waals surface area (Å²) >= 11 is 0. The number of halogens is 3. The molecule has 4 nitrogen and oxygen atoms in total. The molecule has 0 aromatic heterocycles. The first-order valence-electron chi connectivity index (χ1n) is 5.69. The van der Waals surface area contributed by atoms with Gasteiger partial charge in [0.15, 0.2) is 17.5 Å². The van der Waals surface area contributed by atoms with E-state index in [-0.39, 0.29) is 12.2 Å². The molecule has 1 aromatic carbocycles. The topological polar surface area (TPSA) is 50.4 Å². The fourth-order valence-corrected chi connectivity index (χ4v) is 1.36. The Labute approximate surface area is 108 Å². The molecule has 0 aliphatic carbocycles. The number of nitrogens with one attached hydrogen (secondary N) is 2. The lowest BCUT2D eigenvalue weighted by Gasteiger charge is -2.08. The average Bonchev–Trinajstić information content (AvgIpc) is 2.39. The number of methoxy groups -OCH3 is 1. The van der Waals surface area contributed by atoms with Crippen LogP contribution in [0, 0.1) is 17.5 Å². The standard InChI is InChI=1S/C12H15F3N2O2/c1-19-6-2-5-16-7-10(18)17-9-4-3-8(13)11(14)12(9)15/h3-4,16H,2,5-7H2,1H3,(H,17,18). The van der Waals surface area contributed by atoms with Crippen molar-refractivity contribution in [2.75, 3.05) is 32.1 Å². The van der Waals surface area contributed by atoms with Crippen molar-refractivity contribution in [3.63, 3.8) is 0 Å². The minimum atomic E-state index is -1.61. The van der Waals surface area contributed by atoms with Gasteiger partial charge in [0.05, 0.1) is 12.2 Å². The molecule has 0 radical (unpaired) electrons. The van der Waals surface area contributed by atoms with Crippen LogP contribution in [-0.2, 0) is 9.53 Å². The van der Waals surface area contributed by atoms with E-state index in [1.165, 1.54) is 0 Å². The molecule has 0 atom stereocenters. The Morgan fingerprint density at radius 2 is 2.00 bits per heavy atom. The first kappa shape index (κ1) is 15.5. The molecular formula is C12H15F3N2O2. The van der Waals surface area contributed by atoms with Crippen LogP contribution in [0.15, 0.2) is 12.1 Å². The second-order valence-corrected chi connectivity index (χ2v) is 3.79. The zero-order valence-electron chi connectivity index (χ0n) is 10.4. The van der Waals surface area contributed by atoms with Gasteiger partial charge in [0.25, 0.3) is 0 Å². The van der Waals surface area contributed by atoms with Gasteiger partial charge in [-0.1, -0.05) is 0 Å². The van der Waals surface area contributed by atoms with Crippen LogP contribution in [0.1, 0.15) is 6.42 Å². The number of anilines is 1. The SMILES string of the molecule is COCCCNCC(=O)Nc1ccc(F)c(F)c1F. The summed E-state index contributed by atoms with van der Waals surface area (Å²) in [5.74, 6) is -4.85. The van der Waals surface area contributed by atoms with Gasteiger partial charge in [-0.3, -0.25) is 4.79 Å². The Balaban J connectivity index is 2.42. The Bertz CT molecular complexity index is 441. The monoisotopic (exact) mass is 276 g/mol. The first-order valence-corrected chi connectivity index (χ1v) is 5.69. The smallest absolute Gasteiger partial charge is 0.238 e. The van der Waals surface area contributed by atoms with Gasteiger partial charge in [-0.25, -0.2) is 13.2 Å². The highest BCUT2D eigenvalue weighted by atomic mass is 19.2. The molecular weight excluding hydrogens is 261 g/mol. The van der Waals surface area contributed by atoms with E-state index < -0.39 is 23.4 Å². The van der Waals surface area contributed by atoms with Gasteiger partial charge in [-0.15, -0.1) is 0 Å². The molecule has 106 valence electrons. The van der Waals surface area contributed by atoms with E-state index in [0.717, 1.165) is 18.6 Å². The molecule has 2 N–H and O–H groups in total. The Hall–Kier alpha value is -1.60. The third-order valence-corrected chi connectivity index (χ3v) is 2.30. The van der Waals surface area contributed by atoms with E-state index in [1.54, 1.807) is 7.11 Å². The highest BCUT2D eigenvalue weighted by Crippen LogP contribution is 2.19. The molecule has 0 fully saturated rings. The maximum Gasteiger partial charge on any atom is 0.238 e. The summed E-state index contributed by atoms with van der Waals surface area (Å²) in [4.78, 5) is 11.4. The van der Waals surface area contributed by atoms with Crippen LogP contribution in [0.3, 0.4) is 0 Å². The molecule has 0 spiro atoms. The zero-order valence-corrected chi connectivity index (χ0v) is 10.4. The summed E-state index contributed by atoms with van der Waals surface area (Å²) in [6, 6.07) is 1.72. The Morgan fingerprint density at radius 1 is 1.26 bits per heavy atom. The van der Waals surface area contributed by atoms with Gasteiger partial charge in [0.2, 0.25) is 5.91 Å². The fourth-order valence-electron chi connectivity index (χ4n) is 1.36. The molecule has 0 aliphatic heterocycles. The van der Waals surface area contributed by atoms with Gasteiger partial charge in [-0.2, -0.15) is 0 Å². The highest BCUT2D eigenvalue weighted by Gasteiger charge is 2.14. The molecule has 0 aliphatic rings. The normalized spacial score (nSPS) is 10.5. The maximum absolute atomic E-state index is 13.2. The van der Waals surface area contributed by atoms with Crippen LogP contribution in [-0.4, -0.2) is 32.7 Å². The molecule has 1 amide bonds. The van der Waals surface area contributed by atoms with E-state index in [0.29, 0.717) is 13.2 Å². The van der Waals surface area contributed by atoms with Crippen LogP contribution in [0.25, 0.3) is 0 Å². The molecule has 0 saturated heterocycles. The summed E-state index contributed by atoms with van der Waals surface area (Å²) < 4.78 is 43.6. The molecule has 0 saturated carbocycles. The predicted molar refractivity (Wildman–Crippen MR) is 64.3 cm³/mol. The molecule has 7 heteroatoms. The summed E-state index contributed by atoms with van der Waals surface area (Å²) in [7, 11) is 1.57. The number of carbonyl (C=O) groups is 1. The maximum atomic E-state index is 13.2. The largest absolute Gasteiger partial charge is 0.385 e. The van der Waals surface area contributed by atoms with Crippen LogP contribution in [0.2, 0.25) is 0 Å². The number of benzene rings is 1. The Kier molecular flexibility index (Phi) is 6.31. The van der Waals surface area contributed by atoms with Crippen molar-refractivity contribution in [3.8, 4) is 0 Å². The molecule has 0 heterocycles. The van der Waals surface area contributed by atoms with E-state index in [2.05, 4.69) is 10.6 Å². The van der Waals surface area contributed by atoms with Gasteiger partial charge in [-0.05, 0) is 25.1 Å². The number of carbonyl (C=O) groups excluding carboxylic acids is 1. The number of amides is 1. The first-order chi connectivity index (χ1) is 9.06. The van der Waals surface area contributed by atoms with Crippen LogP contribution >= 0.6 is 0 Å². The van der Waals surface area contributed by atoms with Crippen molar-refractivity contribution in [3.05, 3.63) is 29.6 Å². The van der Waals surface area contributed by atoms with Crippen molar-refractivity contribution in [1.82, 2.24) is 5.32 Å². The molecule has 0 bridgehead atoms. The molecule has 19 heavy (non-hydrogen) atoms. The Morgan fingerprint density at radius 3 is 2.68 bits per heavy atom. The highest BCUT2D eigenvalue weighted by molar-refractivity contribution is 5.92. The summed E-state index contributed by atoms with van der Waals surface area (Å²) in [6.07, 6.45) is 0.726. The average molecular weight is 276 g/mol. The van der Waals surface area contributed by atoms with Gasteiger partial charge in [0.1, 0.15) is 0 Å². The second kappa shape index (κ2) is 7.75. The van der Waals surface area contributed by atoms with Gasteiger partial charge < -0.3 is 15.4 Å². The summed E-state index contributed by atoms with van der Waals surface area (Å²) in [6.45, 7) is 1.07. The number of ether oxygens (including phenoxy) is 1. The minimum absolute atomic E-state index is 0.0534. The van der Waals surface area contributed by atoms with Crippen LogP contribution in [0.4, 0.5) is 18.9 Å². The molecule has 1 rings (SSSR count). The minimum Gasteiger partial charge on any atom is -0.385 e. The van der Waals surface area contributed by atoms with Crippen molar-refractivity contribution in [2.45, 2.75) is 6.42 Å². The predicted octanol–water partition coefficient (Wildman–Crippen LogP) is 1.67. The lowest BCUT2D eigenvalue weighted by Crippen LogP contribution is -2.29. The quantitative estimate of drug-likeness (QED) is 0.588. The van der Waals surface area contributed by atoms with E-state index in [4.69, 9.17) is 4.74 Å². The van der Waals surface area contributed by atoms with Crippen molar-refractivity contribution >= 4 is 11.6 Å². The second-order valence-electron chi connectivity index (χ2n) is 3.79. The van der Waals surface area contributed by atoms with E-state index >= 15 is 0 Å². The number of rotatable bonds is 7. The fraction of sp³-hybridized carbons (Fsp3) is 0.417. The van der Waals surface area contributed by atoms with Gasteiger partial charge >= 0.3 is 0 Å².